The zero-order valence-corrected chi connectivity index (χ0v) is 13.8. The molecule has 3 N–H and O–H groups in total. The van der Waals surface area contributed by atoms with E-state index in [2.05, 4.69) is 10.6 Å². The van der Waals surface area contributed by atoms with Crippen LogP contribution >= 0.6 is 0 Å². The lowest BCUT2D eigenvalue weighted by molar-refractivity contribution is -0.142. The van der Waals surface area contributed by atoms with Crippen LogP contribution in [0.5, 0.6) is 0 Å². The van der Waals surface area contributed by atoms with E-state index in [4.69, 9.17) is 5.11 Å². The maximum atomic E-state index is 12.2. The molecular formula is C18H26N2O3. The van der Waals surface area contributed by atoms with Gasteiger partial charge in [-0.2, -0.15) is 0 Å². The van der Waals surface area contributed by atoms with Crippen LogP contribution in [0.1, 0.15) is 56.2 Å². The van der Waals surface area contributed by atoms with Crippen LogP contribution in [0.25, 0.3) is 0 Å². The second-order valence-corrected chi connectivity index (χ2v) is 6.38. The summed E-state index contributed by atoms with van der Waals surface area (Å²) in [4.78, 5) is 23.1. The minimum absolute atomic E-state index is 0.00837. The maximum absolute atomic E-state index is 12.2. The fourth-order valence-electron chi connectivity index (χ4n) is 3.09. The van der Waals surface area contributed by atoms with Crippen LogP contribution in [0.3, 0.4) is 0 Å². The van der Waals surface area contributed by atoms with Gasteiger partial charge in [-0.05, 0) is 44.6 Å². The van der Waals surface area contributed by atoms with Crippen LogP contribution < -0.4 is 10.6 Å². The summed E-state index contributed by atoms with van der Waals surface area (Å²) < 4.78 is 0. The van der Waals surface area contributed by atoms with Gasteiger partial charge in [0.1, 0.15) is 0 Å². The molecule has 1 unspecified atom stereocenters. The molecule has 0 aromatic heterocycles. The first-order valence-electron chi connectivity index (χ1n) is 8.36. The zero-order valence-electron chi connectivity index (χ0n) is 13.8. The molecule has 5 heteroatoms. The monoisotopic (exact) mass is 318 g/mol. The number of aryl methyl sites for hydroxylation is 1. The van der Waals surface area contributed by atoms with E-state index in [-0.39, 0.29) is 24.0 Å². The van der Waals surface area contributed by atoms with E-state index in [1.54, 1.807) is 0 Å². The molecular weight excluding hydrogens is 292 g/mol. The molecule has 23 heavy (non-hydrogen) atoms. The predicted molar refractivity (Wildman–Crippen MR) is 89.3 cm³/mol. The molecule has 126 valence electrons. The van der Waals surface area contributed by atoms with Crippen molar-refractivity contribution in [3.63, 3.8) is 0 Å². The molecule has 2 amide bonds. The third kappa shape index (κ3) is 4.98. The van der Waals surface area contributed by atoms with Crippen molar-refractivity contribution in [2.45, 2.75) is 58.0 Å². The van der Waals surface area contributed by atoms with Crippen LogP contribution in [-0.4, -0.2) is 23.1 Å². The number of carbonyl (C=O) groups is 2. The van der Waals surface area contributed by atoms with Gasteiger partial charge >= 0.3 is 12.0 Å². The molecule has 0 radical (unpaired) electrons. The van der Waals surface area contributed by atoms with E-state index in [1.807, 2.05) is 38.1 Å². The Morgan fingerprint density at radius 3 is 2.30 bits per heavy atom. The highest BCUT2D eigenvalue weighted by molar-refractivity contribution is 5.75. The van der Waals surface area contributed by atoms with Crippen molar-refractivity contribution < 1.29 is 14.7 Å². The number of carboxylic acids is 1. The third-order valence-electron chi connectivity index (χ3n) is 4.60. The van der Waals surface area contributed by atoms with Gasteiger partial charge in [0, 0.05) is 6.04 Å². The summed E-state index contributed by atoms with van der Waals surface area (Å²) in [5.74, 6) is -0.981. The average molecular weight is 318 g/mol. The van der Waals surface area contributed by atoms with Gasteiger partial charge in [-0.1, -0.05) is 36.8 Å². The molecule has 0 saturated heterocycles. The normalized spacial score (nSPS) is 22.2. The lowest BCUT2D eigenvalue weighted by Gasteiger charge is -2.28. The van der Waals surface area contributed by atoms with Crippen molar-refractivity contribution in [1.82, 2.24) is 10.6 Å². The first-order valence-corrected chi connectivity index (χ1v) is 8.36. The molecule has 1 aliphatic carbocycles. The van der Waals surface area contributed by atoms with Gasteiger partial charge in [0.05, 0.1) is 12.0 Å². The van der Waals surface area contributed by atoms with Gasteiger partial charge in [0.2, 0.25) is 0 Å². The second kappa shape index (κ2) is 7.99. The standard InChI is InChI=1S/C18H26N2O3/c1-3-16(13-6-4-12(2)5-7-13)20-18(23)19-15-10-8-14(9-11-15)17(21)22/h4-7,14-16H,3,8-11H2,1-2H3,(H,21,22)(H2,19,20,23). The van der Waals surface area contributed by atoms with E-state index < -0.39 is 5.97 Å². The van der Waals surface area contributed by atoms with Crippen molar-refractivity contribution in [3.8, 4) is 0 Å². The van der Waals surface area contributed by atoms with Gasteiger partial charge < -0.3 is 15.7 Å². The van der Waals surface area contributed by atoms with E-state index in [0.29, 0.717) is 12.8 Å². The molecule has 1 aromatic carbocycles. The average Bonchev–Trinajstić information content (AvgIpc) is 2.54. The molecule has 1 aliphatic rings. The number of carboxylic acid groups (broad SMARTS) is 1. The molecule has 1 aromatic rings. The number of hydrogen-bond acceptors (Lipinski definition) is 2. The summed E-state index contributed by atoms with van der Waals surface area (Å²) in [5.41, 5.74) is 2.30. The van der Waals surface area contributed by atoms with Crippen LogP contribution in [0, 0.1) is 12.8 Å². The Morgan fingerprint density at radius 1 is 1.17 bits per heavy atom. The SMILES string of the molecule is CCC(NC(=O)NC1CCC(C(=O)O)CC1)c1ccc(C)cc1. The number of nitrogens with one attached hydrogen (secondary N) is 2. The number of rotatable bonds is 5. The van der Waals surface area contributed by atoms with E-state index in [1.165, 1.54) is 5.56 Å². The molecule has 0 spiro atoms. The molecule has 2 rings (SSSR count). The predicted octanol–water partition coefficient (Wildman–Crippen LogP) is 3.39. The van der Waals surface area contributed by atoms with Gasteiger partial charge in [0.15, 0.2) is 0 Å². The first kappa shape index (κ1) is 17.3. The highest BCUT2D eigenvalue weighted by Crippen LogP contribution is 2.24. The Bertz CT molecular complexity index is 534. The highest BCUT2D eigenvalue weighted by atomic mass is 16.4. The minimum atomic E-state index is -0.724. The van der Waals surface area contributed by atoms with E-state index >= 15 is 0 Å². The Kier molecular flexibility index (Phi) is 6.02. The summed E-state index contributed by atoms with van der Waals surface area (Å²) in [6.45, 7) is 4.08. The fourth-order valence-corrected chi connectivity index (χ4v) is 3.09. The zero-order chi connectivity index (χ0) is 16.8. The summed E-state index contributed by atoms with van der Waals surface area (Å²) in [5, 5.41) is 15.0. The quantitative estimate of drug-likeness (QED) is 0.778. The lowest BCUT2D eigenvalue weighted by Crippen LogP contribution is -2.45. The van der Waals surface area contributed by atoms with Crippen molar-refractivity contribution >= 4 is 12.0 Å². The number of amides is 2. The number of aliphatic carboxylic acids is 1. The minimum Gasteiger partial charge on any atom is -0.481 e. The molecule has 5 nitrogen and oxygen atoms in total. The third-order valence-corrected chi connectivity index (χ3v) is 4.60. The molecule has 0 heterocycles. The maximum Gasteiger partial charge on any atom is 0.315 e. The topological polar surface area (TPSA) is 78.4 Å². The first-order chi connectivity index (χ1) is 11.0. The van der Waals surface area contributed by atoms with Gasteiger partial charge in [-0.25, -0.2) is 4.79 Å². The van der Waals surface area contributed by atoms with Crippen molar-refractivity contribution in [1.29, 1.82) is 0 Å². The van der Waals surface area contributed by atoms with Crippen LogP contribution in [0.2, 0.25) is 0 Å². The van der Waals surface area contributed by atoms with Crippen LogP contribution in [-0.2, 0) is 4.79 Å². The summed E-state index contributed by atoms with van der Waals surface area (Å²) >= 11 is 0. The van der Waals surface area contributed by atoms with Crippen LogP contribution in [0.15, 0.2) is 24.3 Å². The van der Waals surface area contributed by atoms with Crippen LogP contribution in [0.4, 0.5) is 4.79 Å². The smallest absolute Gasteiger partial charge is 0.315 e. The fraction of sp³-hybridized carbons (Fsp3) is 0.556. The second-order valence-electron chi connectivity index (χ2n) is 6.38. The van der Waals surface area contributed by atoms with Gasteiger partial charge in [-0.15, -0.1) is 0 Å². The Labute approximate surface area is 137 Å². The Hall–Kier alpha value is -2.04. The Balaban J connectivity index is 1.84. The molecule has 0 aliphatic heterocycles. The van der Waals surface area contributed by atoms with Gasteiger partial charge in [0.25, 0.3) is 0 Å². The lowest BCUT2D eigenvalue weighted by atomic mass is 9.86. The van der Waals surface area contributed by atoms with E-state index in [9.17, 15) is 9.59 Å². The van der Waals surface area contributed by atoms with Crippen molar-refractivity contribution in [2.24, 2.45) is 5.92 Å². The molecule has 1 fully saturated rings. The summed E-state index contributed by atoms with van der Waals surface area (Å²) in [6.07, 6.45) is 3.55. The number of carbonyl (C=O) groups excluding carboxylic acids is 1. The summed E-state index contributed by atoms with van der Waals surface area (Å²) in [6, 6.07) is 8.07. The number of benzene rings is 1. The molecule has 1 atom stereocenters. The number of hydrogen-bond donors (Lipinski definition) is 3. The van der Waals surface area contributed by atoms with E-state index in [0.717, 1.165) is 24.8 Å². The van der Waals surface area contributed by atoms with Crippen molar-refractivity contribution in [3.05, 3.63) is 35.4 Å². The largest absolute Gasteiger partial charge is 0.481 e. The summed E-state index contributed by atoms with van der Waals surface area (Å²) in [7, 11) is 0. The van der Waals surface area contributed by atoms with Gasteiger partial charge in [-0.3, -0.25) is 4.79 Å². The highest BCUT2D eigenvalue weighted by Gasteiger charge is 2.27. The number of urea groups is 1. The molecule has 0 bridgehead atoms. The van der Waals surface area contributed by atoms with Crippen molar-refractivity contribution in [2.75, 3.05) is 0 Å². The Morgan fingerprint density at radius 2 is 1.78 bits per heavy atom. The molecule has 1 saturated carbocycles.